The minimum absolute atomic E-state index is 0.00347. The maximum atomic E-state index is 11.3. The van der Waals surface area contributed by atoms with Gasteiger partial charge in [-0.1, -0.05) is 66.2 Å². The monoisotopic (exact) mass is 432 g/mol. The van der Waals surface area contributed by atoms with Crippen molar-refractivity contribution in [2.75, 3.05) is 6.61 Å². The van der Waals surface area contributed by atoms with Gasteiger partial charge in [0.05, 0.1) is 12.2 Å². The third kappa shape index (κ3) is 7.09. The van der Waals surface area contributed by atoms with Crippen LogP contribution in [0.5, 0.6) is 23.0 Å². The molecule has 0 aliphatic rings. The van der Waals surface area contributed by atoms with E-state index in [-0.39, 0.29) is 23.0 Å². The molecule has 6 heteroatoms. The molecule has 0 atom stereocenters. The number of rotatable bonds is 3. The molecule has 172 valence electrons. The molecule has 0 amide bonds. The number of phenolic OH excluding ortho intramolecular Hbond substituents is 4. The SMILES string of the molecule is CCCOC(=O)c1cc(O)c(O)c(O)c1.Cc1cc(C(C)(C)C)c(O)c(C(C)(C)C)c1. The van der Waals surface area contributed by atoms with E-state index in [2.05, 4.69) is 60.6 Å². The number of benzene rings is 2. The molecule has 0 unspecified atom stereocenters. The van der Waals surface area contributed by atoms with Gasteiger partial charge < -0.3 is 25.2 Å². The average molecular weight is 433 g/mol. The zero-order valence-electron chi connectivity index (χ0n) is 19.8. The first kappa shape index (κ1) is 26.1. The van der Waals surface area contributed by atoms with Crippen LogP contribution in [0.15, 0.2) is 24.3 Å². The van der Waals surface area contributed by atoms with Crippen molar-refractivity contribution in [2.24, 2.45) is 0 Å². The standard InChI is InChI=1S/C15H24O.C10H12O5/c1-10-8-11(14(2,3)4)13(16)12(9-10)15(5,6)7;1-2-3-15-10(14)6-4-7(11)9(13)8(12)5-6/h8-9,16H,1-7H3;4-5,11-13H,2-3H2,1H3. The molecule has 4 N–H and O–H groups in total. The Morgan fingerprint density at radius 2 is 1.23 bits per heavy atom. The quantitative estimate of drug-likeness (QED) is 0.368. The van der Waals surface area contributed by atoms with Crippen LogP contribution >= 0.6 is 0 Å². The van der Waals surface area contributed by atoms with Gasteiger partial charge in [0.15, 0.2) is 17.2 Å². The fourth-order valence-electron chi connectivity index (χ4n) is 2.92. The van der Waals surface area contributed by atoms with Crippen molar-refractivity contribution in [1.82, 2.24) is 0 Å². The first-order valence-electron chi connectivity index (χ1n) is 10.4. The van der Waals surface area contributed by atoms with Crippen molar-refractivity contribution in [3.05, 3.63) is 46.5 Å². The highest BCUT2D eigenvalue weighted by atomic mass is 16.5. The predicted molar refractivity (Wildman–Crippen MR) is 122 cm³/mol. The number of carbonyl (C=O) groups excluding carboxylic acids is 1. The minimum atomic E-state index is -0.651. The van der Waals surface area contributed by atoms with Crippen molar-refractivity contribution in [2.45, 2.75) is 72.6 Å². The molecule has 0 fully saturated rings. The zero-order chi connectivity index (χ0) is 24.1. The second-order valence-corrected chi connectivity index (χ2v) is 9.71. The Kier molecular flexibility index (Phi) is 8.39. The van der Waals surface area contributed by atoms with Gasteiger partial charge in [-0.3, -0.25) is 0 Å². The molecule has 0 saturated carbocycles. The van der Waals surface area contributed by atoms with E-state index in [1.165, 1.54) is 5.56 Å². The Morgan fingerprint density at radius 1 is 0.806 bits per heavy atom. The summed E-state index contributed by atoms with van der Waals surface area (Å²) in [6.07, 6.45) is 0.682. The summed E-state index contributed by atoms with van der Waals surface area (Å²) in [6, 6.07) is 6.25. The molecule has 6 nitrogen and oxygen atoms in total. The van der Waals surface area contributed by atoms with Crippen LogP contribution in [0.2, 0.25) is 0 Å². The molecule has 0 radical (unpaired) electrons. The number of phenols is 4. The number of ether oxygens (including phenoxy) is 1. The van der Waals surface area contributed by atoms with Crippen molar-refractivity contribution in [1.29, 1.82) is 0 Å². The molecule has 0 aliphatic carbocycles. The first-order chi connectivity index (χ1) is 14.1. The van der Waals surface area contributed by atoms with E-state index < -0.39 is 23.2 Å². The Morgan fingerprint density at radius 3 is 1.58 bits per heavy atom. The van der Waals surface area contributed by atoms with Gasteiger partial charge in [-0.25, -0.2) is 4.79 Å². The summed E-state index contributed by atoms with van der Waals surface area (Å²) in [5, 5.41) is 37.7. The predicted octanol–water partition coefficient (Wildman–Crippen LogP) is 5.67. The summed E-state index contributed by atoms with van der Waals surface area (Å²) in [4.78, 5) is 11.3. The Balaban J connectivity index is 0.000000311. The fraction of sp³-hybridized carbons (Fsp3) is 0.480. The largest absolute Gasteiger partial charge is 0.507 e. The molecule has 0 aromatic heterocycles. The molecule has 2 aromatic rings. The molecule has 2 aromatic carbocycles. The van der Waals surface area contributed by atoms with Crippen LogP contribution in [-0.4, -0.2) is 33.0 Å². The highest BCUT2D eigenvalue weighted by Gasteiger charge is 2.25. The molecule has 0 saturated heterocycles. The van der Waals surface area contributed by atoms with Gasteiger partial charge in [0, 0.05) is 0 Å². The van der Waals surface area contributed by atoms with E-state index in [0.29, 0.717) is 12.2 Å². The molecule has 0 aliphatic heterocycles. The van der Waals surface area contributed by atoms with Crippen LogP contribution in [0, 0.1) is 6.92 Å². The third-order valence-corrected chi connectivity index (χ3v) is 4.61. The lowest BCUT2D eigenvalue weighted by Crippen LogP contribution is -2.17. The normalized spacial score (nSPS) is 11.5. The smallest absolute Gasteiger partial charge is 0.338 e. The van der Waals surface area contributed by atoms with Crippen LogP contribution < -0.4 is 0 Å². The third-order valence-electron chi connectivity index (χ3n) is 4.61. The Labute approximate surface area is 185 Å². The average Bonchev–Trinajstić information content (AvgIpc) is 2.64. The van der Waals surface area contributed by atoms with Gasteiger partial charge >= 0.3 is 5.97 Å². The van der Waals surface area contributed by atoms with Crippen LogP contribution in [0.4, 0.5) is 0 Å². The summed E-state index contributed by atoms with van der Waals surface area (Å²) in [5.74, 6) is -1.95. The van der Waals surface area contributed by atoms with Crippen LogP contribution in [-0.2, 0) is 15.6 Å². The first-order valence-corrected chi connectivity index (χ1v) is 10.4. The topological polar surface area (TPSA) is 107 Å². The maximum absolute atomic E-state index is 11.3. The zero-order valence-corrected chi connectivity index (χ0v) is 19.8. The van der Waals surface area contributed by atoms with E-state index in [4.69, 9.17) is 20.1 Å². The summed E-state index contributed by atoms with van der Waals surface area (Å²) in [5.41, 5.74) is 3.26. The molecular weight excluding hydrogens is 396 g/mol. The van der Waals surface area contributed by atoms with E-state index in [1.54, 1.807) is 0 Å². The van der Waals surface area contributed by atoms with E-state index in [1.807, 2.05) is 6.92 Å². The van der Waals surface area contributed by atoms with Crippen molar-refractivity contribution >= 4 is 5.97 Å². The van der Waals surface area contributed by atoms with Gasteiger partial charge in [0.25, 0.3) is 0 Å². The van der Waals surface area contributed by atoms with Gasteiger partial charge in [-0.15, -0.1) is 0 Å². The van der Waals surface area contributed by atoms with Crippen molar-refractivity contribution in [3.8, 4) is 23.0 Å². The number of carbonyl (C=O) groups is 1. The van der Waals surface area contributed by atoms with Crippen LogP contribution in [0.1, 0.15) is 81.9 Å². The Bertz CT molecular complexity index is 859. The second-order valence-electron chi connectivity index (χ2n) is 9.71. The summed E-state index contributed by atoms with van der Waals surface area (Å²) in [6.45, 7) is 17.0. The van der Waals surface area contributed by atoms with Crippen molar-refractivity contribution in [3.63, 3.8) is 0 Å². The number of esters is 1. The minimum Gasteiger partial charge on any atom is -0.507 e. The molecule has 0 heterocycles. The highest BCUT2D eigenvalue weighted by Crippen LogP contribution is 2.39. The lowest BCUT2D eigenvalue weighted by molar-refractivity contribution is 0.0504. The lowest BCUT2D eigenvalue weighted by atomic mass is 9.78. The molecule has 31 heavy (non-hydrogen) atoms. The second kappa shape index (κ2) is 9.94. The van der Waals surface area contributed by atoms with E-state index >= 15 is 0 Å². The van der Waals surface area contributed by atoms with Crippen molar-refractivity contribution < 1.29 is 30.0 Å². The molecular formula is C25H36O6. The van der Waals surface area contributed by atoms with Gasteiger partial charge in [-0.2, -0.15) is 0 Å². The summed E-state index contributed by atoms with van der Waals surface area (Å²) in [7, 11) is 0. The van der Waals surface area contributed by atoms with Crippen LogP contribution in [0.3, 0.4) is 0 Å². The summed E-state index contributed by atoms with van der Waals surface area (Å²) < 4.78 is 4.78. The van der Waals surface area contributed by atoms with Gasteiger partial charge in [0.1, 0.15) is 5.75 Å². The molecule has 0 spiro atoms. The van der Waals surface area contributed by atoms with Gasteiger partial charge in [0.2, 0.25) is 0 Å². The number of aromatic hydroxyl groups is 4. The lowest BCUT2D eigenvalue weighted by Gasteiger charge is -2.27. The van der Waals surface area contributed by atoms with E-state index in [0.717, 1.165) is 23.3 Å². The number of aryl methyl sites for hydroxylation is 1. The van der Waals surface area contributed by atoms with Gasteiger partial charge in [-0.05, 0) is 47.4 Å². The van der Waals surface area contributed by atoms with E-state index in [9.17, 15) is 9.90 Å². The molecule has 0 bridgehead atoms. The van der Waals surface area contributed by atoms with Crippen LogP contribution in [0.25, 0.3) is 0 Å². The molecule has 2 rings (SSSR count). The number of hydrogen-bond acceptors (Lipinski definition) is 6. The maximum Gasteiger partial charge on any atom is 0.338 e. The Hall–Kier alpha value is -2.89. The fourth-order valence-corrected chi connectivity index (χ4v) is 2.92. The summed E-state index contributed by atoms with van der Waals surface area (Å²) >= 11 is 0. The number of hydrogen-bond donors (Lipinski definition) is 4. The highest BCUT2D eigenvalue weighted by molar-refractivity contribution is 5.91.